The summed E-state index contributed by atoms with van der Waals surface area (Å²) in [5.74, 6) is -3.69. The van der Waals surface area contributed by atoms with Crippen LogP contribution in [-0.4, -0.2) is 150 Å². The summed E-state index contributed by atoms with van der Waals surface area (Å²) in [6, 6.07) is 15.5. The monoisotopic (exact) mass is 977 g/mol. The Bertz CT molecular complexity index is 2480. The summed E-state index contributed by atoms with van der Waals surface area (Å²) >= 11 is 12.7. The Kier molecular flexibility index (Phi) is 16.2. The molecule has 0 saturated carbocycles. The van der Waals surface area contributed by atoms with Gasteiger partial charge in [-0.05, 0) is 12.1 Å². The number of rotatable bonds is 9. The summed E-state index contributed by atoms with van der Waals surface area (Å²) in [6.07, 6.45) is 1.84. The standard InChI is InChI=1S/C20H22ClN5O4.C15H19ClN4.C9H8N2O7/c1-23-12-14(19(22-23)15-4-2-3-5-16(15)21)13-24-8-10-25(11-9-24)20(29)30-26-17(27)6-7-18(26)28;1-19-10-12(11-20-8-6-17-7-9-20)15(18-19)13-4-2-3-5-14(13)16;12-5-1-2-6(13)10(5)17-9(16)18-11-7(14)3-4-8(11)15/h2-5,12H,6-11,13H2,1H3;2-5,10,17H,6-9,11H2,1H3;1-4H2. The lowest BCUT2D eigenvalue weighted by Gasteiger charge is -2.34. The Balaban J connectivity index is 0.000000158. The van der Waals surface area contributed by atoms with E-state index in [9.17, 15) is 38.4 Å². The zero-order valence-electron chi connectivity index (χ0n) is 37.3. The van der Waals surface area contributed by atoms with E-state index in [1.54, 1.807) is 4.68 Å². The third-order valence-electron chi connectivity index (χ3n) is 11.2. The van der Waals surface area contributed by atoms with Crippen molar-refractivity contribution >= 4 is 70.9 Å². The van der Waals surface area contributed by atoms with E-state index < -0.39 is 47.7 Å². The van der Waals surface area contributed by atoms with Crippen molar-refractivity contribution in [2.24, 2.45) is 14.1 Å². The van der Waals surface area contributed by atoms with Crippen molar-refractivity contribution in [2.75, 3.05) is 52.4 Å². The molecule has 0 aliphatic carbocycles. The van der Waals surface area contributed by atoms with Gasteiger partial charge in [0.1, 0.15) is 0 Å². The van der Waals surface area contributed by atoms with Gasteiger partial charge in [-0.3, -0.25) is 57.6 Å². The minimum Gasteiger partial charge on any atom is -0.314 e. The van der Waals surface area contributed by atoms with Crippen molar-refractivity contribution < 1.29 is 52.9 Å². The van der Waals surface area contributed by atoms with E-state index in [1.165, 1.54) is 10.5 Å². The smallest absolute Gasteiger partial charge is 0.314 e. The Morgan fingerprint density at radius 3 is 1.31 bits per heavy atom. The van der Waals surface area contributed by atoms with Crippen molar-refractivity contribution in [3.05, 3.63) is 82.1 Å². The van der Waals surface area contributed by atoms with Gasteiger partial charge in [0.15, 0.2) is 0 Å². The summed E-state index contributed by atoms with van der Waals surface area (Å²) in [5.41, 5.74) is 6.03. The molecule has 9 rings (SSSR count). The molecule has 0 bridgehead atoms. The van der Waals surface area contributed by atoms with Gasteiger partial charge in [-0.15, -0.1) is 5.06 Å². The fourth-order valence-electron chi connectivity index (χ4n) is 7.78. The first-order valence-electron chi connectivity index (χ1n) is 21.8. The predicted octanol–water partition coefficient (Wildman–Crippen LogP) is 3.47. The minimum absolute atomic E-state index is 0.0618. The first-order valence-corrected chi connectivity index (χ1v) is 22.5. The second-order valence-corrected chi connectivity index (χ2v) is 17.0. The van der Waals surface area contributed by atoms with E-state index in [0.29, 0.717) is 42.8 Å². The zero-order valence-corrected chi connectivity index (χ0v) is 38.8. The molecule has 0 spiro atoms. The minimum atomic E-state index is -1.48. The van der Waals surface area contributed by atoms with E-state index in [4.69, 9.17) is 28.0 Å². The molecule has 5 aliphatic heterocycles. The lowest BCUT2D eigenvalue weighted by atomic mass is 10.1. The number of carbonyl (C=O) groups excluding carboxylic acids is 8. The maximum atomic E-state index is 12.3. The molecular weight excluding hydrogens is 929 g/mol. The Morgan fingerprint density at radius 2 is 0.912 bits per heavy atom. The zero-order chi connectivity index (χ0) is 48.5. The molecule has 2 aromatic carbocycles. The van der Waals surface area contributed by atoms with E-state index in [1.807, 2.05) is 73.5 Å². The van der Waals surface area contributed by atoms with Crippen LogP contribution < -0.4 is 5.32 Å². The Labute approximate surface area is 399 Å². The molecule has 7 amide bonds. The molecule has 24 heteroatoms. The van der Waals surface area contributed by atoms with Crippen molar-refractivity contribution in [2.45, 2.75) is 51.6 Å². The molecule has 1 N–H and O–H groups in total. The third kappa shape index (κ3) is 12.2. The summed E-state index contributed by atoms with van der Waals surface area (Å²) in [5, 5.41) is 15.1. The van der Waals surface area contributed by atoms with Crippen LogP contribution >= 0.6 is 23.2 Å². The van der Waals surface area contributed by atoms with Crippen LogP contribution in [0.3, 0.4) is 0 Å². The van der Waals surface area contributed by atoms with E-state index in [0.717, 1.165) is 65.8 Å². The number of carbonyl (C=O) groups is 8. The molecule has 68 heavy (non-hydrogen) atoms. The van der Waals surface area contributed by atoms with Crippen LogP contribution in [-0.2, 0) is 70.5 Å². The first-order chi connectivity index (χ1) is 32.6. The molecule has 5 fully saturated rings. The van der Waals surface area contributed by atoms with E-state index in [2.05, 4.69) is 41.2 Å². The summed E-state index contributed by atoms with van der Waals surface area (Å²) < 4.78 is 3.64. The average Bonchev–Trinajstić information content (AvgIpc) is 4.13. The van der Waals surface area contributed by atoms with Crippen molar-refractivity contribution in [1.29, 1.82) is 0 Å². The number of benzene rings is 2. The van der Waals surface area contributed by atoms with Gasteiger partial charge < -0.3 is 15.1 Å². The lowest BCUT2D eigenvalue weighted by molar-refractivity contribution is -0.198. The predicted molar refractivity (Wildman–Crippen MR) is 240 cm³/mol. The number of nitrogens with zero attached hydrogens (tertiary/aromatic N) is 10. The van der Waals surface area contributed by atoms with E-state index in [-0.39, 0.29) is 48.7 Å². The van der Waals surface area contributed by atoms with Gasteiger partial charge in [0.2, 0.25) is 0 Å². The fourth-order valence-corrected chi connectivity index (χ4v) is 8.23. The van der Waals surface area contributed by atoms with Crippen molar-refractivity contribution in [3.63, 3.8) is 0 Å². The fraction of sp³-hybridized carbons (Fsp3) is 0.409. The third-order valence-corrected chi connectivity index (χ3v) is 11.9. The van der Waals surface area contributed by atoms with Crippen LogP contribution in [0.1, 0.15) is 49.7 Å². The number of aromatic nitrogens is 4. The molecule has 5 saturated heterocycles. The molecule has 360 valence electrons. The van der Waals surface area contributed by atoms with E-state index >= 15 is 0 Å². The highest BCUT2D eigenvalue weighted by Gasteiger charge is 2.38. The quantitative estimate of drug-likeness (QED) is 0.237. The Morgan fingerprint density at radius 1 is 0.544 bits per heavy atom. The summed E-state index contributed by atoms with van der Waals surface area (Å²) in [4.78, 5) is 111. The van der Waals surface area contributed by atoms with Crippen LogP contribution in [0, 0.1) is 0 Å². The molecule has 22 nitrogen and oxygen atoms in total. The highest BCUT2D eigenvalue weighted by Crippen LogP contribution is 2.31. The van der Waals surface area contributed by atoms with Gasteiger partial charge >= 0.3 is 12.2 Å². The maximum Gasteiger partial charge on any atom is 0.560 e. The molecule has 2 aromatic heterocycles. The molecule has 5 aliphatic rings. The van der Waals surface area contributed by atoms with Crippen LogP contribution in [0.25, 0.3) is 22.5 Å². The topological polar surface area (TPSA) is 231 Å². The van der Waals surface area contributed by atoms with Crippen LogP contribution in [0.5, 0.6) is 0 Å². The first kappa shape index (κ1) is 49.2. The molecule has 0 unspecified atom stereocenters. The number of hydrogen-bond donors (Lipinski definition) is 1. The van der Waals surface area contributed by atoms with Crippen molar-refractivity contribution in [3.8, 4) is 22.5 Å². The second kappa shape index (κ2) is 22.4. The number of amides is 7. The van der Waals surface area contributed by atoms with Gasteiger partial charge in [0, 0.05) is 153 Å². The number of aryl methyl sites for hydroxylation is 2. The lowest BCUT2D eigenvalue weighted by Crippen LogP contribution is -2.50. The molecule has 7 heterocycles. The number of piperazine rings is 2. The largest absolute Gasteiger partial charge is 0.560 e. The highest BCUT2D eigenvalue weighted by atomic mass is 35.5. The number of hydroxylamine groups is 6. The maximum absolute atomic E-state index is 12.3. The van der Waals surface area contributed by atoms with Gasteiger partial charge in [0.25, 0.3) is 35.4 Å². The van der Waals surface area contributed by atoms with Crippen LogP contribution in [0.2, 0.25) is 10.0 Å². The number of nitrogens with one attached hydrogen (secondary N) is 1. The summed E-state index contributed by atoms with van der Waals surface area (Å²) in [6.45, 7) is 8.02. The SMILES string of the molecule is Cn1cc(CN2CCN(C(=O)ON3C(=O)CCC3=O)CC2)c(-c2ccccc2Cl)n1.Cn1cc(CN2CCNCC2)c(-c2ccccc2Cl)n1.O=C(ON1C(=O)CCC1=O)ON1C(=O)CCC1=O. The molecule has 4 aromatic rings. The molecular formula is C44H49Cl2N11O11. The molecule has 0 atom stereocenters. The number of halogens is 2. The second-order valence-electron chi connectivity index (χ2n) is 16.1. The molecule has 0 radical (unpaired) electrons. The normalized spacial score (nSPS) is 17.9. The van der Waals surface area contributed by atoms with Gasteiger partial charge in [-0.25, -0.2) is 4.79 Å². The van der Waals surface area contributed by atoms with Gasteiger partial charge in [0.05, 0.1) is 21.4 Å². The number of imide groups is 3. The van der Waals surface area contributed by atoms with Crippen molar-refractivity contribution in [1.82, 2.24) is 54.8 Å². The number of hydrogen-bond acceptors (Lipinski definition) is 16. The van der Waals surface area contributed by atoms with Crippen LogP contribution in [0.15, 0.2) is 60.9 Å². The summed E-state index contributed by atoms with van der Waals surface area (Å²) in [7, 11) is 3.83. The average molecular weight is 979 g/mol. The highest BCUT2D eigenvalue weighted by molar-refractivity contribution is 6.33. The van der Waals surface area contributed by atoms with Crippen LogP contribution in [0.4, 0.5) is 9.59 Å². The van der Waals surface area contributed by atoms with Gasteiger partial charge in [-0.1, -0.05) is 69.7 Å². The Hall–Kier alpha value is -6.72. The van der Waals surface area contributed by atoms with Gasteiger partial charge in [-0.2, -0.15) is 15.0 Å².